The first-order valence-corrected chi connectivity index (χ1v) is 15.7. The van der Waals surface area contributed by atoms with Gasteiger partial charge in [0, 0.05) is 35.9 Å². The Labute approximate surface area is 236 Å². The van der Waals surface area contributed by atoms with Gasteiger partial charge in [0.2, 0.25) is 0 Å². The number of hydrogen-bond acceptors (Lipinski definition) is 7. The SMILES string of the molecule is CC1(O)CCC(n2c(=O)c3cc(CN4CCC(N5CCCC5)CC4)ccc3c3c(NCC4CC4)ncnc32)CC1. The summed E-state index contributed by atoms with van der Waals surface area (Å²) in [7, 11) is 0. The van der Waals surface area contributed by atoms with Crippen molar-refractivity contribution in [3.63, 3.8) is 0 Å². The maximum atomic E-state index is 14.2. The molecule has 0 atom stereocenters. The van der Waals surface area contributed by atoms with Gasteiger partial charge in [0.1, 0.15) is 17.8 Å². The quantitative estimate of drug-likeness (QED) is 0.417. The minimum atomic E-state index is -0.659. The number of piperidine rings is 1. The van der Waals surface area contributed by atoms with E-state index in [1.165, 1.54) is 57.2 Å². The van der Waals surface area contributed by atoms with Crippen LogP contribution in [-0.4, -0.2) is 73.8 Å². The zero-order valence-electron chi connectivity index (χ0n) is 23.9. The average molecular weight is 545 g/mol. The molecule has 4 fully saturated rings. The van der Waals surface area contributed by atoms with Gasteiger partial charge >= 0.3 is 0 Å². The first-order valence-electron chi connectivity index (χ1n) is 15.7. The topological polar surface area (TPSA) is 86.5 Å². The average Bonchev–Trinajstić information content (AvgIpc) is 3.63. The van der Waals surface area contributed by atoms with Crippen LogP contribution < -0.4 is 10.9 Å². The molecule has 7 rings (SSSR count). The number of nitrogens with zero attached hydrogens (tertiary/aromatic N) is 5. The molecule has 2 N–H and O–H groups in total. The Hall–Kier alpha value is -2.55. The van der Waals surface area contributed by atoms with Crippen molar-refractivity contribution in [2.24, 2.45) is 5.92 Å². The van der Waals surface area contributed by atoms with Crippen molar-refractivity contribution in [3.05, 3.63) is 40.4 Å². The number of hydrogen-bond donors (Lipinski definition) is 2. The van der Waals surface area contributed by atoms with E-state index in [-0.39, 0.29) is 11.6 Å². The van der Waals surface area contributed by atoms with Crippen molar-refractivity contribution >= 4 is 27.6 Å². The van der Waals surface area contributed by atoms with Crippen LogP contribution in [0.4, 0.5) is 5.82 Å². The highest BCUT2D eigenvalue weighted by atomic mass is 16.3. The Bertz CT molecular complexity index is 1420. The number of anilines is 1. The predicted octanol–water partition coefficient (Wildman–Crippen LogP) is 4.69. The number of likely N-dealkylation sites (tertiary alicyclic amines) is 2. The molecule has 40 heavy (non-hydrogen) atoms. The van der Waals surface area contributed by atoms with E-state index in [9.17, 15) is 9.90 Å². The van der Waals surface area contributed by atoms with Gasteiger partial charge < -0.3 is 15.3 Å². The minimum absolute atomic E-state index is 0.0269. The summed E-state index contributed by atoms with van der Waals surface area (Å²) in [6, 6.07) is 7.24. The van der Waals surface area contributed by atoms with Crippen LogP contribution in [0.25, 0.3) is 21.8 Å². The number of rotatable bonds is 7. The lowest BCUT2D eigenvalue weighted by Gasteiger charge is -2.36. The third-order valence-corrected chi connectivity index (χ3v) is 10.1. The summed E-state index contributed by atoms with van der Waals surface area (Å²) in [4.78, 5) is 28.8. The summed E-state index contributed by atoms with van der Waals surface area (Å²) in [6.07, 6.45) is 12.2. The van der Waals surface area contributed by atoms with Gasteiger partial charge in [-0.2, -0.15) is 0 Å². The molecule has 2 aliphatic heterocycles. The van der Waals surface area contributed by atoms with Gasteiger partial charge in [-0.25, -0.2) is 9.97 Å². The maximum Gasteiger partial charge on any atom is 0.260 e. The largest absolute Gasteiger partial charge is 0.390 e. The van der Waals surface area contributed by atoms with Crippen molar-refractivity contribution in [1.82, 2.24) is 24.3 Å². The number of aromatic nitrogens is 3. The summed E-state index contributed by atoms with van der Waals surface area (Å²) in [5.74, 6) is 1.54. The van der Waals surface area contributed by atoms with Crippen molar-refractivity contribution in [3.8, 4) is 0 Å². The number of nitrogens with one attached hydrogen (secondary N) is 1. The van der Waals surface area contributed by atoms with Gasteiger partial charge in [-0.1, -0.05) is 12.1 Å². The van der Waals surface area contributed by atoms with E-state index < -0.39 is 5.60 Å². The molecule has 0 amide bonds. The Morgan fingerprint density at radius 3 is 2.42 bits per heavy atom. The standard InChI is InChI=1S/C32H44N6O2/c1-32(40)12-8-25(9-13-32)38-30-28(29(34-21-35-30)33-19-22-4-5-22)26-7-6-23(18-27(26)31(38)39)20-36-16-10-24(11-17-36)37-14-2-3-15-37/h6-7,18,21-22,24-25,40H,2-5,8-17,19-20H2,1H3,(H,33,34,35). The number of fused-ring (bicyclic) bond motifs is 3. The van der Waals surface area contributed by atoms with Crippen LogP contribution in [0, 0.1) is 5.92 Å². The lowest BCUT2D eigenvalue weighted by molar-refractivity contribution is 0.0100. The highest BCUT2D eigenvalue weighted by molar-refractivity contribution is 6.09. The summed E-state index contributed by atoms with van der Waals surface area (Å²) >= 11 is 0. The van der Waals surface area contributed by atoms with Crippen LogP contribution in [-0.2, 0) is 6.54 Å². The lowest BCUT2D eigenvalue weighted by atomic mass is 9.83. The summed E-state index contributed by atoms with van der Waals surface area (Å²) < 4.78 is 1.93. The van der Waals surface area contributed by atoms with Crippen molar-refractivity contribution in [2.75, 3.05) is 38.0 Å². The zero-order valence-corrected chi connectivity index (χ0v) is 23.9. The van der Waals surface area contributed by atoms with Crippen molar-refractivity contribution < 1.29 is 5.11 Å². The van der Waals surface area contributed by atoms with Gasteiger partial charge in [0.05, 0.1) is 11.0 Å². The molecule has 2 aromatic heterocycles. The van der Waals surface area contributed by atoms with Gasteiger partial charge in [-0.05, 0) is 115 Å². The molecule has 2 saturated carbocycles. The molecule has 3 aromatic rings. The van der Waals surface area contributed by atoms with E-state index >= 15 is 0 Å². The van der Waals surface area contributed by atoms with E-state index in [4.69, 9.17) is 4.98 Å². The third-order valence-electron chi connectivity index (χ3n) is 10.1. The summed E-state index contributed by atoms with van der Waals surface area (Å²) in [5, 5.41) is 16.9. The number of pyridine rings is 1. The van der Waals surface area contributed by atoms with Crippen LogP contribution in [0.1, 0.15) is 82.7 Å². The highest BCUT2D eigenvalue weighted by Gasteiger charge is 2.32. The van der Waals surface area contributed by atoms with Gasteiger partial charge in [-0.15, -0.1) is 0 Å². The fourth-order valence-electron chi connectivity index (χ4n) is 7.44. The van der Waals surface area contributed by atoms with Gasteiger partial charge in [0.15, 0.2) is 0 Å². The Morgan fingerprint density at radius 1 is 0.950 bits per heavy atom. The third kappa shape index (κ3) is 5.26. The molecular formula is C32H44N6O2. The smallest absolute Gasteiger partial charge is 0.260 e. The minimum Gasteiger partial charge on any atom is -0.390 e. The molecule has 4 aliphatic rings. The van der Waals surface area contributed by atoms with E-state index in [0.29, 0.717) is 24.4 Å². The fourth-order valence-corrected chi connectivity index (χ4v) is 7.44. The first kappa shape index (κ1) is 26.4. The summed E-state index contributed by atoms with van der Waals surface area (Å²) in [5.41, 5.74) is 1.30. The van der Waals surface area contributed by atoms with Crippen LogP contribution in [0.15, 0.2) is 29.3 Å². The zero-order chi connectivity index (χ0) is 27.3. The van der Waals surface area contributed by atoms with Gasteiger partial charge in [0.25, 0.3) is 5.56 Å². The maximum absolute atomic E-state index is 14.2. The van der Waals surface area contributed by atoms with E-state index in [1.807, 2.05) is 11.5 Å². The van der Waals surface area contributed by atoms with Crippen LogP contribution in [0.2, 0.25) is 0 Å². The molecule has 4 heterocycles. The van der Waals surface area contributed by atoms with E-state index in [1.54, 1.807) is 6.33 Å². The normalized spacial score (nSPS) is 27.1. The predicted molar refractivity (Wildman–Crippen MR) is 160 cm³/mol. The van der Waals surface area contributed by atoms with E-state index in [0.717, 1.165) is 67.0 Å². The molecule has 1 aromatic carbocycles. The molecule has 0 unspecified atom stereocenters. The summed E-state index contributed by atoms with van der Waals surface area (Å²) in [6.45, 7) is 8.48. The van der Waals surface area contributed by atoms with Gasteiger partial charge in [-0.3, -0.25) is 14.3 Å². The second-order valence-electron chi connectivity index (χ2n) is 13.3. The molecule has 214 valence electrons. The molecule has 2 aliphatic carbocycles. The van der Waals surface area contributed by atoms with Crippen molar-refractivity contribution in [1.29, 1.82) is 0 Å². The molecule has 0 radical (unpaired) electrons. The molecule has 2 saturated heterocycles. The molecular weight excluding hydrogens is 500 g/mol. The Kier molecular flexibility index (Phi) is 7.05. The molecule has 8 nitrogen and oxygen atoms in total. The monoisotopic (exact) mass is 544 g/mol. The number of benzene rings is 1. The molecule has 8 heteroatoms. The molecule has 0 spiro atoms. The second-order valence-corrected chi connectivity index (χ2v) is 13.3. The lowest BCUT2D eigenvalue weighted by Crippen LogP contribution is -2.43. The second kappa shape index (κ2) is 10.7. The Balaban J connectivity index is 1.23. The van der Waals surface area contributed by atoms with Crippen LogP contribution in [0.5, 0.6) is 0 Å². The first-order chi connectivity index (χ1) is 19.4. The highest BCUT2D eigenvalue weighted by Crippen LogP contribution is 2.38. The fraction of sp³-hybridized carbons (Fsp3) is 0.656. The van der Waals surface area contributed by atoms with E-state index in [2.05, 4.69) is 38.3 Å². The van der Waals surface area contributed by atoms with Crippen LogP contribution in [0.3, 0.4) is 0 Å². The number of aliphatic hydroxyl groups is 1. The Morgan fingerprint density at radius 2 is 1.70 bits per heavy atom. The van der Waals surface area contributed by atoms with Crippen LogP contribution >= 0.6 is 0 Å². The molecule has 0 bridgehead atoms. The van der Waals surface area contributed by atoms with Crippen molar-refractivity contribution in [2.45, 2.75) is 95.4 Å².